The van der Waals surface area contributed by atoms with Crippen LogP contribution in [-0.2, 0) is 16.0 Å². The lowest BCUT2D eigenvalue weighted by Gasteiger charge is -2.29. The van der Waals surface area contributed by atoms with E-state index >= 15 is 0 Å². The van der Waals surface area contributed by atoms with Gasteiger partial charge in [-0.2, -0.15) is 0 Å². The predicted molar refractivity (Wildman–Crippen MR) is 96.5 cm³/mol. The van der Waals surface area contributed by atoms with E-state index in [2.05, 4.69) is 10.1 Å². The molecule has 1 aliphatic rings. The first kappa shape index (κ1) is 18.0. The second kappa shape index (κ2) is 8.50. The van der Waals surface area contributed by atoms with Crippen molar-refractivity contribution in [2.75, 3.05) is 26.7 Å². The van der Waals surface area contributed by atoms with E-state index in [0.29, 0.717) is 23.7 Å². The van der Waals surface area contributed by atoms with E-state index in [1.165, 1.54) is 26.4 Å². The van der Waals surface area contributed by atoms with Gasteiger partial charge in [-0.25, -0.2) is 0 Å². The highest BCUT2D eigenvalue weighted by atomic mass is 35.5. The summed E-state index contributed by atoms with van der Waals surface area (Å²) in [4.78, 5) is 14.5. The summed E-state index contributed by atoms with van der Waals surface area (Å²) >= 11 is 5.91. The van der Waals surface area contributed by atoms with Crippen LogP contribution in [-0.4, -0.2) is 42.8 Å². The number of ether oxygens (including phenoxy) is 1. The van der Waals surface area contributed by atoms with Crippen LogP contribution in [0.25, 0.3) is 11.3 Å². The van der Waals surface area contributed by atoms with Gasteiger partial charge in [-0.1, -0.05) is 23.2 Å². The smallest absolute Gasteiger partial charge is 0.310 e. The first-order chi connectivity index (χ1) is 12.2. The number of carbonyl (C=O) groups is 1. The number of carbonyl (C=O) groups excluding carboxylic acids is 1. The normalized spacial score (nSPS) is 16.6. The largest absolute Gasteiger partial charge is 0.469 e. The Kier molecular flexibility index (Phi) is 6.10. The fourth-order valence-corrected chi connectivity index (χ4v) is 3.38. The minimum absolute atomic E-state index is 0.193. The number of likely N-dealkylation sites (tertiary alicyclic amines) is 1. The molecule has 5 nitrogen and oxygen atoms in total. The maximum absolute atomic E-state index is 12.2. The number of halogens is 1. The highest BCUT2D eigenvalue weighted by molar-refractivity contribution is 6.30. The zero-order chi connectivity index (χ0) is 17.6. The highest BCUT2D eigenvalue weighted by Gasteiger charge is 2.25. The van der Waals surface area contributed by atoms with Gasteiger partial charge in [-0.05, 0) is 50.2 Å². The molecular formula is C19H23ClN2O3. The number of benzene rings is 1. The van der Waals surface area contributed by atoms with Gasteiger partial charge in [-0.3, -0.25) is 4.79 Å². The molecule has 6 heteroatoms. The third kappa shape index (κ3) is 4.83. The number of piperidine rings is 1. The van der Waals surface area contributed by atoms with E-state index in [4.69, 9.17) is 20.9 Å². The Hall–Kier alpha value is -1.85. The van der Waals surface area contributed by atoms with Gasteiger partial charge in [0.25, 0.3) is 0 Å². The van der Waals surface area contributed by atoms with E-state index in [1.54, 1.807) is 0 Å². The van der Waals surface area contributed by atoms with E-state index in [1.807, 2.05) is 30.3 Å². The van der Waals surface area contributed by atoms with E-state index in [9.17, 15) is 4.79 Å². The summed E-state index contributed by atoms with van der Waals surface area (Å²) in [5.74, 6) is 0.251. The minimum atomic E-state index is -0.230. The van der Waals surface area contributed by atoms with E-state index in [-0.39, 0.29) is 11.9 Å². The lowest BCUT2D eigenvalue weighted by Crippen LogP contribution is -2.38. The van der Waals surface area contributed by atoms with Crippen molar-refractivity contribution in [3.05, 3.63) is 41.0 Å². The van der Waals surface area contributed by atoms with Gasteiger partial charge in [0.2, 0.25) is 0 Å². The van der Waals surface area contributed by atoms with Crippen LogP contribution in [0.3, 0.4) is 0 Å². The SMILES string of the molecule is COC(=O)C(Cc1cc(-c2ccc(Cl)cc2)on1)CN1CCCCC1. The summed E-state index contributed by atoms with van der Waals surface area (Å²) in [5, 5.41) is 4.81. The number of nitrogens with zero attached hydrogens (tertiary/aromatic N) is 2. The molecule has 1 saturated heterocycles. The highest BCUT2D eigenvalue weighted by Crippen LogP contribution is 2.24. The molecular weight excluding hydrogens is 340 g/mol. The van der Waals surface area contributed by atoms with Gasteiger partial charge in [0.05, 0.1) is 18.7 Å². The predicted octanol–water partition coefficient (Wildman–Crippen LogP) is 3.81. The van der Waals surface area contributed by atoms with Crippen LogP contribution in [0.15, 0.2) is 34.9 Å². The fraction of sp³-hybridized carbons (Fsp3) is 0.474. The summed E-state index contributed by atoms with van der Waals surface area (Å²) in [6, 6.07) is 9.28. The van der Waals surface area contributed by atoms with Crippen LogP contribution in [0.2, 0.25) is 5.02 Å². The van der Waals surface area contributed by atoms with Crippen molar-refractivity contribution >= 4 is 17.6 Å². The Bertz CT molecular complexity index is 693. The maximum atomic E-state index is 12.2. The lowest BCUT2D eigenvalue weighted by atomic mass is 10.0. The average Bonchev–Trinajstić information content (AvgIpc) is 3.10. The van der Waals surface area contributed by atoms with E-state index in [0.717, 1.165) is 24.3 Å². The number of esters is 1. The zero-order valence-electron chi connectivity index (χ0n) is 14.4. The molecule has 2 heterocycles. The maximum Gasteiger partial charge on any atom is 0.310 e. The van der Waals surface area contributed by atoms with Gasteiger partial charge >= 0.3 is 5.97 Å². The van der Waals surface area contributed by atoms with Crippen molar-refractivity contribution < 1.29 is 14.1 Å². The molecule has 3 rings (SSSR count). The average molecular weight is 363 g/mol. The molecule has 0 aliphatic carbocycles. The summed E-state index contributed by atoms with van der Waals surface area (Å²) in [5.41, 5.74) is 1.67. The molecule has 134 valence electrons. The van der Waals surface area contributed by atoms with Crippen LogP contribution in [0.4, 0.5) is 0 Å². The third-order valence-electron chi connectivity index (χ3n) is 4.61. The van der Waals surface area contributed by atoms with Crippen LogP contribution in [0.1, 0.15) is 25.0 Å². The Balaban J connectivity index is 1.68. The van der Waals surface area contributed by atoms with Crippen LogP contribution < -0.4 is 0 Å². The fourth-order valence-electron chi connectivity index (χ4n) is 3.25. The molecule has 25 heavy (non-hydrogen) atoms. The van der Waals surface area contributed by atoms with Gasteiger partial charge < -0.3 is 14.2 Å². The van der Waals surface area contributed by atoms with Crippen molar-refractivity contribution in [1.29, 1.82) is 0 Å². The lowest BCUT2D eigenvalue weighted by molar-refractivity contribution is -0.146. The van der Waals surface area contributed by atoms with Crippen molar-refractivity contribution in [3.63, 3.8) is 0 Å². The number of hydrogen-bond acceptors (Lipinski definition) is 5. The third-order valence-corrected chi connectivity index (χ3v) is 4.86. The molecule has 1 atom stereocenters. The Morgan fingerprint density at radius 2 is 2.00 bits per heavy atom. The quantitative estimate of drug-likeness (QED) is 0.731. The summed E-state index contributed by atoms with van der Waals surface area (Å²) in [6.07, 6.45) is 4.17. The topological polar surface area (TPSA) is 55.6 Å². The van der Waals surface area contributed by atoms with Gasteiger partial charge in [0, 0.05) is 29.6 Å². The minimum Gasteiger partial charge on any atom is -0.469 e. The summed E-state index contributed by atoms with van der Waals surface area (Å²) in [6.45, 7) is 2.79. The molecule has 1 unspecified atom stereocenters. The van der Waals surface area contributed by atoms with Gasteiger partial charge in [-0.15, -0.1) is 0 Å². The van der Waals surface area contributed by atoms with Crippen molar-refractivity contribution in [2.24, 2.45) is 5.92 Å². The molecule has 1 aromatic heterocycles. The van der Waals surface area contributed by atoms with Crippen molar-refractivity contribution in [2.45, 2.75) is 25.7 Å². The zero-order valence-corrected chi connectivity index (χ0v) is 15.2. The van der Waals surface area contributed by atoms with Crippen LogP contribution >= 0.6 is 11.6 Å². The van der Waals surface area contributed by atoms with Crippen molar-refractivity contribution in [1.82, 2.24) is 10.1 Å². The molecule has 0 spiro atoms. The Morgan fingerprint density at radius 1 is 1.28 bits per heavy atom. The number of aromatic nitrogens is 1. The molecule has 1 aromatic carbocycles. The number of rotatable bonds is 6. The van der Waals surface area contributed by atoms with Crippen LogP contribution in [0, 0.1) is 5.92 Å². The molecule has 0 amide bonds. The Morgan fingerprint density at radius 3 is 2.68 bits per heavy atom. The number of hydrogen-bond donors (Lipinski definition) is 0. The standard InChI is InChI=1S/C19H23ClN2O3/c1-24-19(23)15(13-22-9-3-2-4-10-22)11-17-12-18(25-21-17)14-5-7-16(20)8-6-14/h5-8,12,15H,2-4,9-11,13H2,1H3. The van der Waals surface area contributed by atoms with Crippen molar-refractivity contribution in [3.8, 4) is 11.3 Å². The second-order valence-electron chi connectivity index (χ2n) is 6.47. The summed E-state index contributed by atoms with van der Waals surface area (Å²) in [7, 11) is 1.44. The Labute approximate surface area is 152 Å². The van der Waals surface area contributed by atoms with Crippen LogP contribution in [0.5, 0.6) is 0 Å². The molecule has 0 radical (unpaired) electrons. The number of methoxy groups -OCH3 is 1. The molecule has 0 N–H and O–H groups in total. The molecule has 1 aliphatic heterocycles. The van der Waals surface area contributed by atoms with Gasteiger partial charge in [0.1, 0.15) is 0 Å². The first-order valence-electron chi connectivity index (χ1n) is 8.67. The summed E-state index contributed by atoms with van der Waals surface area (Å²) < 4.78 is 10.4. The second-order valence-corrected chi connectivity index (χ2v) is 6.91. The first-order valence-corrected chi connectivity index (χ1v) is 9.05. The molecule has 0 bridgehead atoms. The monoisotopic (exact) mass is 362 g/mol. The molecule has 0 saturated carbocycles. The molecule has 1 fully saturated rings. The molecule has 2 aromatic rings. The van der Waals surface area contributed by atoms with Gasteiger partial charge in [0.15, 0.2) is 5.76 Å². The van der Waals surface area contributed by atoms with E-state index < -0.39 is 0 Å².